The summed E-state index contributed by atoms with van der Waals surface area (Å²) in [6.45, 7) is 7.87. The molecule has 0 aromatic heterocycles. The summed E-state index contributed by atoms with van der Waals surface area (Å²) in [5.74, 6) is 0. The maximum atomic E-state index is 12.3. The Kier molecular flexibility index (Phi) is 4.51. The van der Waals surface area contributed by atoms with E-state index in [1.165, 1.54) is 12.1 Å². The van der Waals surface area contributed by atoms with Crippen molar-refractivity contribution < 1.29 is 15.1 Å². The molecule has 1 atom stereocenters. The van der Waals surface area contributed by atoms with Crippen molar-refractivity contribution in [3.8, 4) is 0 Å². The number of nitro groups is 2. The van der Waals surface area contributed by atoms with Gasteiger partial charge in [-0.05, 0) is 31.7 Å². The van der Waals surface area contributed by atoms with Crippen molar-refractivity contribution in [1.82, 2.24) is 5.06 Å². The molecule has 0 spiro atoms. The van der Waals surface area contributed by atoms with E-state index in [1.807, 2.05) is 13.8 Å². The van der Waals surface area contributed by atoms with Crippen molar-refractivity contribution >= 4 is 17.1 Å². The summed E-state index contributed by atoms with van der Waals surface area (Å²) in [5.41, 5.74) is -1.55. The number of rotatable bonds is 4. The van der Waals surface area contributed by atoms with Gasteiger partial charge in [0.2, 0.25) is 0 Å². The van der Waals surface area contributed by atoms with E-state index in [2.05, 4.69) is 5.32 Å². The Morgan fingerprint density at radius 2 is 1.79 bits per heavy atom. The number of nitro benzene ring substituents is 2. The lowest BCUT2D eigenvalue weighted by atomic mass is 9.74. The minimum absolute atomic E-state index is 0.176. The maximum absolute atomic E-state index is 12.3. The first-order valence-electron chi connectivity index (χ1n) is 7.58. The standard InChI is InChI=1S/C15H21N4O5/c1-14(2)8-13(15(3,4)17(20)9-14)16-11-6-5-10(18(21)22)7-12(11)19(23)24/h5-7,13,16H,8-9H2,1-4H3. The topological polar surface area (TPSA) is 121 Å². The van der Waals surface area contributed by atoms with Gasteiger partial charge in [0.25, 0.3) is 11.4 Å². The minimum atomic E-state index is -0.759. The summed E-state index contributed by atoms with van der Waals surface area (Å²) in [4.78, 5) is 20.7. The van der Waals surface area contributed by atoms with Gasteiger partial charge in [-0.3, -0.25) is 20.2 Å². The fourth-order valence-corrected chi connectivity index (χ4v) is 2.96. The summed E-state index contributed by atoms with van der Waals surface area (Å²) in [5, 5.41) is 38.5. The number of non-ortho nitro benzene ring substituents is 1. The number of anilines is 1. The van der Waals surface area contributed by atoms with Crippen LogP contribution in [0.2, 0.25) is 0 Å². The second-order valence-electron chi connectivity index (χ2n) is 7.47. The van der Waals surface area contributed by atoms with Gasteiger partial charge >= 0.3 is 0 Å². The van der Waals surface area contributed by atoms with Crippen LogP contribution in [-0.4, -0.2) is 33.0 Å². The van der Waals surface area contributed by atoms with Crippen LogP contribution in [0.15, 0.2) is 18.2 Å². The van der Waals surface area contributed by atoms with Gasteiger partial charge in [-0.25, -0.2) is 0 Å². The van der Waals surface area contributed by atoms with Crippen molar-refractivity contribution in [3.05, 3.63) is 38.4 Å². The molecule has 0 saturated carbocycles. The van der Waals surface area contributed by atoms with Crippen LogP contribution in [0.25, 0.3) is 0 Å². The predicted molar refractivity (Wildman–Crippen MR) is 87.0 cm³/mol. The number of nitrogens with one attached hydrogen (secondary N) is 1. The van der Waals surface area contributed by atoms with Gasteiger partial charge < -0.3 is 5.32 Å². The highest BCUT2D eigenvalue weighted by Gasteiger charge is 2.46. The van der Waals surface area contributed by atoms with Gasteiger partial charge in [0.05, 0.1) is 21.5 Å². The third-order valence-corrected chi connectivity index (χ3v) is 4.54. The Morgan fingerprint density at radius 3 is 2.33 bits per heavy atom. The van der Waals surface area contributed by atoms with Crippen LogP contribution >= 0.6 is 0 Å². The molecule has 131 valence electrons. The normalized spacial score (nSPS) is 22.8. The number of piperidine rings is 1. The molecule has 0 bridgehead atoms. The number of hydrogen-bond donors (Lipinski definition) is 1. The van der Waals surface area contributed by atoms with E-state index in [4.69, 9.17) is 0 Å². The molecule has 1 aromatic carbocycles. The van der Waals surface area contributed by atoms with E-state index in [0.717, 1.165) is 11.1 Å². The minimum Gasteiger partial charge on any atom is -0.375 e. The fraction of sp³-hybridized carbons (Fsp3) is 0.600. The van der Waals surface area contributed by atoms with Crippen LogP contribution in [0.1, 0.15) is 34.1 Å². The van der Waals surface area contributed by atoms with Crippen molar-refractivity contribution in [3.63, 3.8) is 0 Å². The second kappa shape index (κ2) is 5.99. The van der Waals surface area contributed by atoms with E-state index in [9.17, 15) is 25.4 Å². The lowest BCUT2D eigenvalue weighted by Gasteiger charge is -2.49. The quantitative estimate of drug-likeness (QED) is 0.665. The molecule has 1 unspecified atom stereocenters. The Labute approximate surface area is 139 Å². The van der Waals surface area contributed by atoms with E-state index in [0.29, 0.717) is 13.0 Å². The Morgan fingerprint density at radius 1 is 1.17 bits per heavy atom. The lowest BCUT2D eigenvalue weighted by Crippen LogP contribution is -2.61. The first-order chi connectivity index (χ1) is 10.9. The van der Waals surface area contributed by atoms with Gasteiger partial charge in [-0.2, -0.15) is 0 Å². The zero-order valence-electron chi connectivity index (χ0n) is 14.1. The summed E-state index contributed by atoms with van der Waals surface area (Å²) < 4.78 is 0. The molecular formula is C15H21N4O5. The summed E-state index contributed by atoms with van der Waals surface area (Å²) in [6, 6.07) is 3.13. The highest BCUT2D eigenvalue weighted by molar-refractivity contribution is 5.66. The highest BCUT2D eigenvalue weighted by Crippen LogP contribution is 2.40. The van der Waals surface area contributed by atoms with Gasteiger partial charge in [-0.1, -0.05) is 13.8 Å². The number of benzene rings is 1. The van der Waals surface area contributed by atoms with Crippen LogP contribution in [-0.2, 0) is 5.21 Å². The second-order valence-corrected chi connectivity index (χ2v) is 7.47. The lowest BCUT2D eigenvalue weighted by molar-refractivity contribution is -0.393. The van der Waals surface area contributed by atoms with E-state index < -0.39 is 15.4 Å². The molecule has 24 heavy (non-hydrogen) atoms. The van der Waals surface area contributed by atoms with Gasteiger partial charge in [-0.15, -0.1) is 10.3 Å². The fourth-order valence-electron chi connectivity index (χ4n) is 2.96. The van der Waals surface area contributed by atoms with Gasteiger partial charge in [0.15, 0.2) is 0 Å². The molecule has 9 nitrogen and oxygen atoms in total. The highest BCUT2D eigenvalue weighted by atomic mass is 16.6. The molecule has 1 saturated heterocycles. The Balaban J connectivity index is 2.38. The molecule has 1 aliphatic rings. The van der Waals surface area contributed by atoms with Crippen LogP contribution in [0.5, 0.6) is 0 Å². The van der Waals surface area contributed by atoms with Crippen LogP contribution in [0.3, 0.4) is 0 Å². The van der Waals surface area contributed by atoms with Crippen LogP contribution in [0, 0.1) is 25.6 Å². The monoisotopic (exact) mass is 337 g/mol. The number of hydroxylamine groups is 2. The molecule has 1 N–H and O–H groups in total. The zero-order valence-corrected chi connectivity index (χ0v) is 14.1. The smallest absolute Gasteiger partial charge is 0.299 e. The molecule has 2 rings (SSSR count). The van der Waals surface area contributed by atoms with E-state index in [-0.39, 0.29) is 28.5 Å². The molecule has 1 aromatic rings. The maximum Gasteiger partial charge on any atom is 0.299 e. The first kappa shape index (κ1) is 18.1. The molecular weight excluding hydrogens is 316 g/mol. The zero-order chi connectivity index (χ0) is 18.3. The average Bonchev–Trinajstić information content (AvgIpc) is 2.44. The summed E-state index contributed by atoms with van der Waals surface area (Å²) in [6.07, 6.45) is 0.646. The Bertz CT molecular complexity index is 674. The van der Waals surface area contributed by atoms with Crippen LogP contribution < -0.4 is 5.32 Å². The predicted octanol–water partition coefficient (Wildman–Crippen LogP) is 3.14. The molecule has 1 fully saturated rings. The van der Waals surface area contributed by atoms with Crippen molar-refractivity contribution in [2.24, 2.45) is 5.41 Å². The van der Waals surface area contributed by atoms with Crippen molar-refractivity contribution in [2.45, 2.75) is 45.7 Å². The van der Waals surface area contributed by atoms with Crippen molar-refractivity contribution in [1.29, 1.82) is 0 Å². The number of nitrogens with zero attached hydrogens (tertiary/aromatic N) is 3. The third-order valence-electron chi connectivity index (χ3n) is 4.54. The van der Waals surface area contributed by atoms with E-state index >= 15 is 0 Å². The SMILES string of the molecule is CC1(C)CC(Nc2ccc([N+](=O)[O-])cc2[N+](=O)[O-])C(C)(C)N([O])C1. The largest absolute Gasteiger partial charge is 0.375 e. The molecule has 1 heterocycles. The summed E-state index contributed by atoms with van der Waals surface area (Å²) in [7, 11) is 0. The molecule has 0 amide bonds. The molecule has 9 heteroatoms. The summed E-state index contributed by atoms with van der Waals surface area (Å²) >= 11 is 0. The van der Waals surface area contributed by atoms with E-state index in [1.54, 1.807) is 13.8 Å². The first-order valence-corrected chi connectivity index (χ1v) is 7.58. The molecule has 1 radical (unpaired) electrons. The molecule has 0 aliphatic carbocycles. The Hall–Kier alpha value is -2.26. The third kappa shape index (κ3) is 3.46. The number of hydrogen-bond acceptors (Lipinski definition) is 6. The van der Waals surface area contributed by atoms with Crippen LogP contribution in [0.4, 0.5) is 17.1 Å². The van der Waals surface area contributed by atoms with Gasteiger partial charge in [0, 0.05) is 18.7 Å². The van der Waals surface area contributed by atoms with Crippen molar-refractivity contribution in [2.75, 3.05) is 11.9 Å². The molecule has 1 aliphatic heterocycles. The van der Waals surface area contributed by atoms with Gasteiger partial charge in [0.1, 0.15) is 5.69 Å². The average molecular weight is 337 g/mol.